The Morgan fingerprint density at radius 3 is 2.44 bits per heavy atom. The lowest BCUT2D eigenvalue weighted by Gasteiger charge is -2.37. The molecule has 7 heteroatoms. The molecule has 1 atom stereocenters. The lowest BCUT2D eigenvalue weighted by atomic mass is 10.0. The second kappa shape index (κ2) is 8.00. The Morgan fingerprint density at radius 1 is 0.844 bits per heavy atom. The van der Waals surface area contributed by atoms with E-state index in [2.05, 4.69) is 4.57 Å². The number of hydrogen-bond acceptors (Lipinski definition) is 4. The van der Waals surface area contributed by atoms with E-state index < -0.39 is 16.1 Å². The van der Waals surface area contributed by atoms with Crippen molar-refractivity contribution in [3.05, 3.63) is 90.3 Å². The highest BCUT2D eigenvalue weighted by Crippen LogP contribution is 2.41. The highest BCUT2D eigenvalue weighted by molar-refractivity contribution is 7.89. The van der Waals surface area contributed by atoms with E-state index in [0.29, 0.717) is 24.6 Å². The molecule has 0 saturated carbocycles. The third kappa shape index (κ3) is 3.34. The second-order valence-electron chi connectivity index (χ2n) is 7.76. The van der Waals surface area contributed by atoms with Crippen LogP contribution in [0.4, 0.5) is 0 Å². The summed E-state index contributed by atoms with van der Waals surface area (Å²) in [4.78, 5) is 0.281. The van der Waals surface area contributed by atoms with Crippen LogP contribution in [0.25, 0.3) is 10.8 Å². The van der Waals surface area contributed by atoms with Gasteiger partial charge in [-0.3, -0.25) is 0 Å². The van der Waals surface area contributed by atoms with Crippen LogP contribution in [0.1, 0.15) is 17.3 Å². The minimum atomic E-state index is -3.79. The van der Waals surface area contributed by atoms with Gasteiger partial charge in [0, 0.05) is 30.5 Å². The van der Waals surface area contributed by atoms with Gasteiger partial charge in [0.2, 0.25) is 10.0 Å². The third-order valence-corrected chi connectivity index (χ3v) is 7.91. The molecule has 0 amide bonds. The smallest absolute Gasteiger partial charge is 0.244 e. The predicted octanol–water partition coefficient (Wildman–Crippen LogP) is 4.45. The van der Waals surface area contributed by atoms with Gasteiger partial charge in [-0.05, 0) is 53.2 Å². The minimum Gasteiger partial charge on any atom is -0.497 e. The molecule has 0 radical (unpaired) electrons. The number of rotatable bonds is 5. The molecule has 1 aliphatic rings. The van der Waals surface area contributed by atoms with Crippen LogP contribution in [0.2, 0.25) is 0 Å². The molecule has 1 aliphatic heterocycles. The zero-order valence-electron chi connectivity index (χ0n) is 17.9. The van der Waals surface area contributed by atoms with E-state index in [-0.39, 0.29) is 4.90 Å². The Morgan fingerprint density at radius 2 is 1.66 bits per heavy atom. The van der Waals surface area contributed by atoms with Crippen LogP contribution in [-0.4, -0.2) is 38.1 Å². The summed E-state index contributed by atoms with van der Waals surface area (Å²) in [5.74, 6) is 1.26. The average molecular weight is 449 g/mol. The van der Waals surface area contributed by atoms with Crippen LogP contribution in [0.15, 0.2) is 83.9 Å². The van der Waals surface area contributed by atoms with Gasteiger partial charge in [0.25, 0.3) is 0 Å². The molecular weight excluding hydrogens is 424 g/mol. The number of aromatic nitrogens is 1. The highest BCUT2D eigenvalue weighted by atomic mass is 32.2. The summed E-state index contributed by atoms with van der Waals surface area (Å²) in [6.07, 6.45) is 1.98. The van der Waals surface area contributed by atoms with Crippen molar-refractivity contribution in [2.75, 3.05) is 20.8 Å². The molecule has 0 unspecified atom stereocenters. The molecule has 0 spiro atoms. The van der Waals surface area contributed by atoms with Gasteiger partial charge in [-0.25, -0.2) is 8.42 Å². The number of methoxy groups -OCH3 is 2. The molecule has 0 fully saturated rings. The van der Waals surface area contributed by atoms with Crippen molar-refractivity contribution in [2.24, 2.45) is 0 Å². The first-order valence-electron chi connectivity index (χ1n) is 10.4. The van der Waals surface area contributed by atoms with E-state index in [9.17, 15) is 8.42 Å². The second-order valence-corrected chi connectivity index (χ2v) is 9.65. The summed E-state index contributed by atoms with van der Waals surface area (Å²) in [7, 11) is -0.604. The molecule has 2 heterocycles. The van der Waals surface area contributed by atoms with Crippen molar-refractivity contribution in [1.29, 1.82) is 0 Å². The summed E-state index contributed by atoms with van der Waals surface area (Å²) >= 11 is 0. The Labute approximate surface area is 187 Å². The molecule has 32 heavy (non-hydrogen) atoms. The Balaban J connectivity index is 1.68. The van der Waals surface area contributed by atoms with Crippen molar-refractivity contribution in [3.63, 3.8) is 0 Å². The number of sulfonamides is 1. The molecule has 3 aromatic carbocycles. The van der Waals surface area contributed by atoms with E-state index in [1.54, 1.807) is 30.7 Å². The van der Waals surface area contributed by atoms with Crippen LogP contribution in [0, 0.1) is 0 Å². The van der Waals surface area contributed by atoms with Gasteiger partial charge in [-0.2, -0.15) is 4.31 Å². The normalized spacial score (nSPS) is 16.6. The maximum absolute atomic E-state index is 13.9. The number of fused-ring (bicyclic) bond motifs is 2. The number of ether oxygens (including phenoxy) is 2. The molecular formula is C25H24N2O4S. The third-order valence-electron chi connectivity index (χ3n) is 6.05. The van der Waals surface area contributed by atoms with Crippen LogP contribution < -0.4 is 9.47 Å². The van der Waals surface area contributed by atoms with Gasteiger partial charge in [0.05, 0.1) is 25.2 Å². The largest absolute Gasteiger partial charge is 0.497 e. The van der Waals surface area contributed by atoms with Gasteiger partial charge in [0.15, 0.2) is 0 Å². The van der Waals surface area contributed by atoms with Crippen molar-refractivity contribution < 1.29 is 17.9 Å². The van der Waals surface area contributed by atoms with Crippen molar-refractivity contribution in [1.82, 2.24) is 8.87 Å². The topological polar surface area (TPSA) is 60.8 Å². The van der Waals surface area contributed by atoms with E-state index in [4.69, 9.17) is 9.47 Å². The molecule has 6 nitrogen and oxygen atoms in total. The van der Waals surface area contributed by atoms with Crippen LogP contribution in [0.3, 0.4) is 0 Å². The fourth-order valence-corrected chi connectivity index (χ4v) is 6.06. The molecule has 0 saturated heterocycles. The fourth-order valence-electron chi connectivity index (χ4n) is 4.45. The van der Waals surface area contributed by atoms with Gasteiger partial charge in [0.1, 0.15) is 11.5 Å². The Bertz CT molecular complexity index is 1390. The molecule has 1 aromatic heterocycles. The standard InChI is InChI=1S/C25H24N2O4S/c1-30-20-10-12-24(31-2)22(17-20)25-23-8-5-13-26(23)14-15-27(25)32(28,29)21-11-9-18-6-3-4-7-19(18)16-21/h3-13,16-17,25H,14-15H2,1-2H3/t25-/m1/s1. The fraction of sp³-hybridized carbons (Fsp3) is 0.200. The van der Waals surface area contributed by atoms with Crippen LogP contribution in [0.5, 0.6) is 11.5 Å². The summed E-state index contributed by atoms with van der Waals surface area (Å²) in [5, 5.41) is 1.90. The summed E-state index contributed by atoms with van der Waals surface area (Å²) < 4.78 is 42.6. The SMILES string of the molecule is COc1ccc(OC)c([C@@H]2c3cccn3CCN2S(=O)(=O)c2ccc3ccccc3c2)c1. The highest BCUT2D eigenvalue weighted by Gasteiger charge is 2.39. The van der Waals surface area contributed by atoms with E-state index in [0.717, 1.165) is 22.0 Å². The predicted molar refractivity (Wildman–Crippen MR) is 124 cm³/mol. The first-order chi connectivity index (χ1) is 15.5. The van der Waals surface area contributed by atoms with Crippen molar-refractivity contribution in [2.45, 2.75) is 17.5 Å². The molecule has 164 valence electrons. The Kier molecular flexibility index (Phi) is 5.15. The number of hydrogen-bond donors (Lipinski definition) is 0. The van der Waals surface area contributed by atoms with Gasteiger partial charge >= 0.3 is 0 Å². The zero-order valence-corrected chi connectivity index (χ0v) is 18.7. The van der Waals surface area contributed by atoms with Gasteiger partial charge in [-0.1, -0.05) is 30.3 Å². The maximum atomic E-state index is 13.9. The van der Waals surface area contributed by atoms with Gasteiger partial charge in [-0.15, -0.1) is 0 Å². The van der Waals surface area contributed by atoms with Gasteiger partial charge < -0.3 is 14.0 Å². The van der Waals surface area contributed by atoms with Crippen molar-refractivity contribution >= 4 is 20.8 Å². The average Bonchev–Trinajstić information content (AvgIpc) is 3.31. The first-order valence-corrected chi connectivity index (χ1v) is 11.8. The molecule has 4 aromatic rings. The monoisotopic (exact) mass is 448 g/mol. The summed E-state index contributed by atoms with van der Waals surface area (Å²) in [6, 6.07) is 21.9. The Hall–Kier alpha value is -3.29. The van der Waals surface area contributed by atoms with E-state index in [1.807, 2.05) is 66.9 Å². The minimum absolute atomic E-state index is 0.281. The van der Waals surface area contributed by atoms with E-state index in [1.165, 1.54) is 0 Å². The van der Waals surface area contributed by atoms with Crippen LogP contribution in [-0.2, 0) is 16.6 Å². The molecule has 5 rings (SSSR count). The maximum Gasteiger partial charge on any atom is 0.244 e. The molecule has 0 N–H and O–H groups in total. The summed E-state index contributed by atoms with van der Waals surface area (Å²) in [5.41, 5.74) is 1.64. The quantitative estimate of drug-likeness (QED) is 0.453. The molecule has 0 aliphatic carbocycles. The first kappa shape index (κ1) is 20.6. The lowest BCUT2D eigenvalue weighted by molar-refractivity contribution is 0.289. The van der Waals surface area contributed by atoms with Crippen LogP contribution >= 0.6 is 0 Å². The van der Waals surface area contributed by atoms with Crippen molar-refractivity contribution in [3.8, 4) is 11.5 Å². The zero-order chi connectivity index (χ0) is 22.3. The van der Waals surface area contributed by atoms with E-state index >= 15 is 0 Å². The number of benzene rings is 3. The lowest BCUT2D eigenvalue weighted by Crippen LogP contribution is -2.42. The summed E-state index contributed by atoms with van der Waals surface area (Å²) in [6.45, 7) is 0.930. The molecule has 0 bridgehead atoms. The number of nitrogens with zero attached hydrogens (tertiary/aromatic N) is 2.